The number of hydrogen-bond acceptors (Lipinski definition) is 4. The zero-order valence-corrected chi connectivity index (χ0v) is 19.6. The van der Waals surface area contributed by atoms with E-state index in [0.29, 0.717) is 11.2 Å². The predicted octanol–water partition coefficient (Wildman–Crippen LogP) is 7.31. The second-order valence-electron chi connectivity index (χ2n) is 8.64. The minimum atomic E-state index is -0.248. The molecule has 0 fully saturated rings. The molecule has 0 bridgehead atoms. The molecule has 0 aliphatic rings. The highest BCUT2D eigenvalue weighted by Gasteiger charge is 2.15. The van der Waals surface area contributed by atoms with Gasteiger partial charge in [-0.2, -0.15) is 5.10 Å². The molecular weight excluding hydrogens is 451 g/mol. The number of aromatic amines is 2. The van der Waals surface area contributed by atoms with Crippen LogP contribution in [0.25, 0.3) is 55.6 Å². The van der Waals surface area contributed by atoms with E-state index in [9.17, 15) is 4.39 Å². The highest BCUT2D eigenvalue weighted by atomic mass is 19.1. The molecular formula is C29H23FN6. The van der Waals surface area contributed by atoms with E-state index in [2.05, 4.69) is 43.1 Å². The first-order valence-electron chi connectivity index (χ1n) is 11.7. The first kappa shape index (κ1) is 21.7. The highest BCUT2D eigenvalue weighted by Crippen LogP contribution is 2.35. The van der Waals surface area contributed by atoms with Gasteiger partial charge < -0.3 is 10.3 Å². The third kappa shape index (κ3) is 3.80. The van der Waals surface area contributed by atoms with Crippen molar-refractivity contribution >= 4 is 27.8 Å². The number of aromatic nitrogens is 5. The molecule has 0 atom stereocenters. The maximum atomic E-state index is 14.6. The van der Waals surface area contributed by atoms with E-state index in [1.54, 1.807) is 18.3 Å². The number of nitrogens with zero attached hydrogens (tertiary/aromatic N) is 3. The Balaban J connectivity index is 1.41. The summed E-state index contributed by atoms with van der Waals surface area (Å²) in [5, 5.41) is 12.5. The zero-order chi connectivity index (χ0) is 24.6. The van der Waals surface area contributed by atoms with Gasteiger partial charge in [-0.15, -0.1) is 0 Å². The Morgan fingerprint density at radius 2 is 1.75 bits per heavy atom. The van der Waals surface area contributed by atoms with E-state index in [1.165, 1.54) is 6.07 Å². The van der Waals surface area contributed by atoms with Crippen molar-refractivity contribution in [2.24, 2.45) is 0 Å². The van der Waals surface area contributed by atoms with Gasteiger partial charge in [0.1, 0.15) is 11.6 Å². The van der Waals surface area contributed by atoms with Crippen molar-refractivity contribution in [1.29, 1.82) is 0 Å². The summed E-state index contributed by atoms with van der Waals surface area (Å²) in [5.74, 6) is 0.509. The molecule has 0 unspecified atom stereocenters. The van der Waals surface area contributed by atoms with Gasteiger partial charge in [0.05, 0.1) is 11.4 Å². The van der Waals surface area contributed by atoms with Gasteiger partial charge in [0.25, 0.3) is 0 Å². The summed E-state index contributed by atoms with van der Waals surface area (Å²) in [6.07, 6.45) is 4.45. The molecule has 0 amide bonds. The molecule has 36 heavy (non-hydrogen) atoms. The van der Waals surface area contributed by atoms with E-state index < -0.39 is 0 Å². The number of allylic oxidation sites excluding steroid dienone is 1. The SMILES string of the molecule is C=C(CC)Nc1ccc(-c2cnc3n[nH]c(-c4cc5c(-c6ccccc6F)cccc5[nH]4)c3c2)cn1. The van der Waals surface area contributed by atoms with Crippen LogP contribution >= 0.6 is 0 Å². The van der Waals surface area contributed by atoms with E-state index in [0.717, 1.165) is 62.3 Å². The predicted molar refractivity (Wildman–Crippen MR) is 143 cm³/mol. The quantitative estimate of drug-likeness (QED) is 0.236. The number of pyridine rings is 2. The van der Waals surface area contributed by atoms with Gasteiger partial charge in [-0.1, -0.05) is 43.8 Å². The Bertz CT molecular complexity index is 1730. The number of hydrogen-bond donors (Lipinski definition) is 3. The summed E-state index contributed by atoms with van der Waals surface area (Å²) in [7, 11) is 0. The number of benzene rings is 2. The fourth-order valence-corrected chi connectivity index (χ4v) is 4.38. The normalized spacial score (nSPS) is 11.3. The van der Waals surface area contributed by atoms with Crippen molar-refractivity contribution in [3.8, 4) is 33.6 Å². The fourth-order valence-electron chi connectivity index (χ4n) is 4.38. The van der Waals surface area contributed by atoms with Crippen molar-refractivity contribution in [3.05, 3.63) is 97.2 Å². The summed E-state index contributed by atoms with van der Waals surface area (Å²) in [5.41, 5.74) is 7.40. The molecule has 176 valence electrons. The van der Waals surface area contributed by atoms with Crippen LogP contribution in [-0.2, 0) is 0 Å². The molecule has 6 nitrogen and oxygen atoms in total. The van der Waals surface area contributed by atoms with Crippen LogP contribution in [0.15, 0.2) is 91.4 Å². The molecule has 0 radical (unpaired) electrons. The average Bonchev–Trinajstić information content (AvgIpc) is 3.53. The number of halogens is 1. The number of fused-ring (bicyclic) bond motifs is 2. The van der Waals surface area contributed by atoms with E-state index >= 15 is 0 Å². The van der Waals surface area contributed by atoms with E-state index in [4.69, 9.17) is 0 Å². The lowest BCUT2D eigenvalue weighted by molar-refractivity contribution is 0.631. The standard InChI is InChI=1S/C29H23FN6/c1-3-17(2)33-27-12-11-18(15-31-27)19-13-23-28(35-36-29(23)32-16-19)26-14-22-20(8-6-10-25(22)34-26)21-7-4-5-9-24(21)30/h4-16,34H,2-3H2,1H3,(H,31,33)(H,32,35,36). The topological polar surface area (TPSA) is 82.3 Å². The Kier molecular flexibility index (Phi) is 5.30. The molecule has 7 heteroatoms. The fraction of sp³-hybridized carbons (Fsp3) is 0.0690. The summed E-state index contributed by atoms with van der Waals surface area (Å²) in [4.78, 5) is 12.5. The van der Waals surface area contributed by atoms with Crippen molar-refractivity contribution in [2.45, 2.75) is 13.3 Å². The van der Waals surface area contributed by atoms with Crippen molar-refractivity contribution in [1.82, 2.24) is 25.1 Å². The highest BCUT2D eigenvalue weighted by molar-refractivity contribution is 6.01. The Morgan fingerprint density at radius 1 is 0.917 bits per heavy atom. The van der Waals surface area contributed by atoms with Crippen LogP contribution in [0, 0.1) is 5.82 Å². The van der Waals surface area contributed by atoms with Crippen molar-refractivity contribution in [3.63, 3.8) is 0 Å². The maximum absolute atomic E-state index is 14.6. The minimum Gasteiger partial charge on any atom is -0.353 e. The minimum absolute atomic E-state index is 0.248. The van der Waals surface area contributed by atoms with Crippen molar-refractivity contribution in [2.75, 3.05) is 5.32 Å². The van der Waals surface area contributed by atoms with Gasteiger partial charge in [-0.05, 0) is 48.4 Å². The molecule has 2 aromatic carbocycles. The largest absolute Gasteiger partial charge is 0.353 e. The van der Waals surface area contributed by atoms with Crippen LogP contribution < -0.4 is 5.32 Å². The van der Waals surface area contributed by atoms with E-state index in [-0.39, 0.29) is 5.82 Å². The van der Waals surface area contributed by atoms with Crippen LogP contribution in [0.2, 0.25) is 0 Å². The van der Waals surface area contributed by atoms with Crippen LogP contribution in [0.3, 0.4) is 0 Å². The summed E-state index contributed by atoms with van der Waals surface area (Å²) < 4.78 is 14.6. The summed E-state index contributed by atoms with van der Waals surface area (Å²) in [6, 6.07) is 20.7. The molecule has 4 aromatic heterocycles. The van der Waals surface area contributed by atoms with Crippen molar-refractivity contribution < 1.29 is 4.39 Å². The third-order valence-electron chi connectivity index (χ3n) is 6.34. The molecule has 6 rings (SSSR count). The second-order valence-corrected chi connectivity index (χ2v) is 8.64. The first-order chi connectivity index (χ1) is 17.6. The number of anilines is 1. The Hall–Kier alpha value is -4.78. The van der Waals surface area contributed by atoms with Gasteiger partial charge in [-0.25, -0.2) is 14.4 Å². The molecule has 0 aliphatic carbocycles. The van der Waals surface area contributed by atoms with Gasteiger partial charge >= 0.3 is 0 Å². The summed E-state index contributed by atoms with van der Waals surface area (Å²) >= 11 is 0. The lowest BCUT2D eigenvalue weighted by Crippen LogP contribution is -1.98. The summed E-state index contributed by atoms with van der Waals surface area (Å²) in [6.45, 7) is 6.01. The Labute approximate surface area is 206 Å². The number of nitrogens with one attached hydrogen (secondary N) is 3. The molecule has 4 heterocycles. The van der Waals surface area contributed by atoms with Gasteiger partial charge in [-0.3, -0.25) is 5.10 Å². The first-order valence-corrected chi connectivity index (χ1v) is 11.7. The molecule has 0 saturated carbocycles. The number of rotatable bonds is 6. The lowest BCUT2D eigenvalue weighted by atomic mass is 10.0. The average molecular weight is 475 g/mol. The monoisotopic (exact) mass is 474 g/mol. The van der Waals surface area contributed by atoms with Crippen LogP contribution in [0.5, 0.6) is 0 Å². The zero-order valence-electron chi connectivity index (χ0n) is 19.6. The Morgan fingerprint density at radius 3 is 2.56 bits per heavy atom. The molecule has 0 aliphatic heterocycles. The van der Waals surface area contributed by atoms with E-state index in [1.807, 2.05) is 55.6 Å². The molecule has 6 aromatic rings. The van der Waals surface area contributed by atoms with Gasteiger partial charge in [0, 0.05) is 51.1 Å². The molecule has 0 spiro atoms. The van der Waals surface area contributed by atoms with Crippen LogP contribution in [0.4, 0.5) is 10.2 Å². The third-order valence-corrected chi connectivity index (χ3v) is 6.34. The second kappa shape index (κ2) is 8.78. The van der Waals surface area contributed by atoms with Gasteiger partial charge in [0.15, 0.2) is 5.65 Å². The smallest absolute Gasteiger partial charge is 0.181 e. The molecule has 3 N–H and O–H groups in total. The van der Waals surface area contributed by atoms with Gasteiger partial charge in [0.2, 0.25) is 0 Å². The van der Waals surface area contributed by atoms with Crippen LogP contribution in [-0.4, -0.2) is 25.1 Å². The van der Waals surface area contributed by atoms with Crippen LogP contribution in [0.1, 0.15) is 13.3 Å². The lowest BCUT2D eigenvalue weighted by Gasteiger charge is -2.07. The maximum Gasteiger partial charge on any atom is 0.181 e. The number of H-pyrrole nitrogens is 2. The molecule has 0 saturated heterocycles.